The molecule has 142 valence electrons. The van der Waals surface area contributed by atoms with E-state index in [9.17, 15) is 19.5 Å². The molecule has 3 aromatic rings. The summed E-state index contributed by atoms with van der Waals surface area (Å²) in [5, 5.41) is 14.1. The molecule has 1 amide bonds. The first-order valence-corrected chi connectivity index (χ1v) is 7.97. The molecule has 0 unspecified atom stereocenters. The maximum atomic E-state index is 12.1. The zero-order valence-corrected chi connectivity index (χ0v) is 14.6. The van der Waals surface area contributed by atoms with Crippen molar-refractivity contribution in [2.45, 2.75) is 0 Å². The van der Waals surface area contributed by atoms with Crippen molar-refractivity contribution in [2.75, 3.05) is 7.11 Å². The number of ether oxygens (including phenoxy) is 1. The number of aromatic hydroxyl groups is 1. The lowest BCUT2D eigenvalue weighted by molar-refractivity contribution is 0.0955. The highest BCUT2D eigenvalue weighted by Gasteiger charge is 2.14. The summed E-state index contributed by atoms with van der Waals surface area (Å²) in [4.78, 5) is 42.0. The van der Waals surface area contributed by atoms with E-state index in [1.165, 1.54) is 43.8 Å². The fourth-order valence-corrected chi connectivity index (χ4v) is 2.35. The van der Waals surface area contributed by atoms with Gasteiger partial charge in [0.25, 0.3) is 11.5 Å². The van der Waals surface area contributed by atoms with Gasteiger partial charge in [-0.15, -0.1) is 0 Å². The van der Waals surface area contributed by atoms with Crippen molar-refractivity contribution in [3.8, 4) is 17.3 Å². The molecule has 0 aliphatic heterocycles. The third-order valence-electron chi connectivity index (χ3n) is 3.75. The van der Waals surface area contributed by atoms with Crippen LogP contribution in [0.5, 0.6) is 11.6 Å². The van der Waals surface area contributed by atoms with Crippen LogP contribution in [0.1, 0.15) is 15.9 Å². The number of H-pyrrole nitrogens is 1. The molecule has 2 aromatic heterocycles. The first-order valence-electron chi connectivity index (χ1n) is 7.97. The van der Waals surface area contributed by atoms with Gasteiger partial charge in [0, 0.05) is 18.0 Å². The molecule has 0 radical (unpaired) electrons. The zero-order valence-electron chi connectivity index (χ0n) is 14.6. The van der Waals surface area contributed by atoms with Crippen LogP contribution in [0.4, 0.5) is 0 Å². The lowest BCUT2D eigenvalue weighted by atomic mass is 10.2. The molecule has 0 saturated carbocycles. The Kier molecular flexibility index (Phi) is 5.30. The van der Waals surface area contributed by atoms with Crippen LogP contribution in [0.15, 0.2) is 63.5 Å². The van der Waals surface area contributed by atoms with E-state index in [-0.39, 0.29) is 5.56 Å². The van der Waals surface area contributed by atoms with Gasteiger partial charge < -0.3 is 9.84 Å². The predicted molar refractivity (Wildman–Crippen MR) is 100 cm³/mol. The fourth-order valence-electron chi connectivity index (χ4n) is 2.35. The Hall–Kier alpha value is -4.21. The monoisotopic (exact) mass is 381 g/mol. The Morgan fingerprint density at radius 3 is 2.54 bits per heavy atom. The van der Waals surface area contributed by atoms with Crippen LogP contribution in [-0.2, 0) is 0 Å². The van der Waals surface area contributed by atoms with Crippen LogP contribution in [0, 0.1) is 0 Å². The number of pyridine rings is 1. The summed E-state index contributed by atoms with van der Waals surface area (Å²) < 4.78 is 5.94. The zero-order chi connectivity index (χ0) is 20.1. The number of carbonyl (C=O) groups excluding carboxylic acids is 1. The lowest BCUT2D eigenvalue weighted by Crippen LogP contribution is -2.31. The van der Waals surface area contributed by atoms with Crippen LogP contribution in [0.3, 0.4) is 0 Å². The van der Waals surface area contributed by atoms with E-state index in [0.29, 0.717) is 17.0 Å². The van der Waals surface area contributed by atoms with E-state index in [1.807, 2.05) is 0 Å². The number of hydrazone groups is 1. The van der Waals surface area contributed by atoms with Crippen molar-refractivity contribution < 1.29 is 14.6 Å². The SMILES string of the molecule is COc1ccc(-n2c(O)c(/C=N\NC(=O)c3ccncc3)c(=O)[nH]c2=O)cc1. The van der Waals surface area contributed by atoms with E-state index < -0.39 is 23.0 Å². The summed E-state index contributed by atoms with van der Waals surface area (Å²) >= 11 is 0. The van der Waals surface area contributed by atoms with Crippen molar-refractivity contribution >= 4 is 12.1 Å². The number of amides is 1. The van der Waals surface area contributed by atoms with Crippen LogP contribution in [0.2, 0.25) is 0 Å². The van der Waals surface area contributed by atoms with E-state index in [2.05, 4.69) is 20.5 Å². The minimum absolute atomic E-state index is 0.301. The summed E-state index contributed by atoms with van der Waals surface area (Å²) in [6.45, 7) is 0. The quantitative estimate of drug-likeness (QED) is 0.432. The van der Waals surface area contributed by atoms with Gasteiger partial charge in [-0.05, 0) is 36.4 Å². The third kappa shape index (κ3) is 3.80. The number of carbonyl (C=O) groups is 1. The van der Waals surface area contributed by atoms with E-state index in [1.54, 1.807) is 12.1 Å². The fraction of sp³-hybridized carbons (Fsp3) is 0.0556. The van der Waals surface area contributed by atoms with Crippen LogP contribution in [-0.4, -0.2) is 38.9 Å². The van der Waals surface area contributed by atoms with E-state index >= 15 is 0 Å². The van der Waals surface area contributed by atoms with Gasteiger partial charge in [0.1, 0.15) is 11.3 Å². The van der Waals surface area contributed by atoms with Gasteiger partial charge in [-0.2, -0.15) is 5.10 Å². The molecule has 0 spiro atoms. The maximum Gasteiger partial charge on any atom is 0.335 e. The summed E-state index contributed by atoms with van der Waals surface area (Å²) in [5.41, 5.74) is 0.859. The molecule has 2 heterocycles. The molecule has 10 heteroatoms. The second-order valence-electron chi connectivity index (χ2n) is 5.47. The lowest BCUT2D eigenvalue weighted by Gasteiger charge is -2.10. The van der Waals surface area contributed by atoms with Crippen molar-refractivity contribution in [1.82, 2.24) is 20.0 Å². The summed E-state index contributed by atoms with van der Waals surface area (Å²) in [6, 6.07) is 9.22. The molecule has 0 fully saturated rings. The van der Waals surface area contributed by atoms with Gasteiger partial charge >= 0.3 is 5.69 Å². The first-order chi connectivity index (χ1) is 13.5. The van der Waals surface area contributed by atoms with Crippen LogP contribution >= 0.6 is 0 Å². The predicted octanol–water partition coefficient (Wildman–Crippen LogP) is 0.399. The number of aromatic amines is 1. The topological polar surface area (TPSA) is 139 Å². The average molecular weight is 381 g/mol. The normalized spacial score (nSPS) is 10.8. The van der Waals surface area contributed by atoms with Gasteiger partial charge in [-0.25, -0.2) is 14.8 Å². The third-order valence-corrected chi connectivity index (χ3v) is 3.75. The summed E-state index contributed by atoms with van der Waals surface area (Å²) in [6.07, 6.45) is 3.84. The molecule has 0 atom stereocenters. The number of benzene rings is 1. The molecule has 0 aliphatic carbocycles. The van der Waals surface area contributed by atoms with Gasteiger partial charge in [0.15, 0.2) is 0 Å². The van der Waals surface area contributed by atoms with Crippen molar-refractivity contribution in [1.29, 1.82) is 0 Å². The molecule has 0 saturated heterocycles. The minimum Gasteiger partial charge on any atom is -0.497 e. The standard InChI is InChI=1S/C18H15N5O5/c1-28-13-4-2-12(3-5-13)23-17(26)14(16(25)21-18(23)27)10-20-22-15(24)11-6-8-19-9-7-11/h2-10,26H,1H3,(H,22,24)(H,21,25,27)/b20-10-. The van der Waals surface area contributed by atoms with E-state index in [4.69, 9.17) is 4.74 Å². The minimum atomic E-state index is -0.853. The summed E-state index contributed by atoms with van der Waals surface area (Å²) in [7, 11) is 1.49. The van der Waals surface area contributed by atoms with Gasteiger partial charge in [-0.1, -0.05) is 0 Å². The summed E-state index contributed by atoms with van der Waals surface area (Å²) in [5.74, 6) is -0.597. The van der Waals surface area contributed by atoms with Crippen molar-refractivity contribution in [2.24, 2.45) is 5.10 Å². The molecule has 1 aromatic carbocycles. The molecular weight excluding hydrogens is 366 g/mol. The second kappa shape index (κ2) is 7.99. The molecule has 10 nitrogen and oxygen atoms in total. The molecule has 28 heavy (non-hydrogen) atoms. The highest BCUT2D eigenvalue weighted by atomic mass is 16.5. The average Bonchev–Trinajstić information content (AvgIpc) is 2.71. The number of hydrogen-bond donors (Lipinski definition) is 3. The van der Waals surface area contributed by atoms with Crippen molar-refractivity contribution in [3.05, 3.63) is 80.8 Å². The van der Waals surface area contributed by atoms with Crippen LogP contribution < -0.4 is 21.4 Å². The Balaban J connectivity index is 1.92. The smallest absolute Gasteiger partial charge is 0.335 e. The Labute approximate surface area is 157 Å². The molecule has 3 N–H and O–H groups in total. The number of rotatable bonds is 5. The molecule has 0 bridgehead atoms. The number of hydrogen-bond acceptors (Lipinski definition) is 7. The van der Waals surface area contributed by atoms with Gasteiger partial charge in [-0.3, -0.25) is 19.6 Å². The number of nitrogens with one attached hydrogen (secondary N) is 2. The molecule has 0 aliphatic rings. The number of aromatic nitrogens is 3. The highest BCUT2D eigenvalue weighted by molar-refractivity contribution is 5.94. The highest BCUT2D eigenvalue weighted by Crippen LogP contribution is 2.18. The Morgan fingerprint density at radius 1 is 1.21 bits per heavy atom. The van der Waals surface area contributed by atoms with Gasteiger partial charge in [0.05, 0.1) is 19.0 Å². The van der Waals surface area contributed by atoms with E-state index in [0.717, 1.165) is 10.8 Å². The Morgan fingerprint density at radius 2 is 1.89 bits per heavy atom. The molecular formula is C18H15N5O5. The maximum absolute atomic E-state index is 12.1. The number of methoxy groups -OCH3 is 1. The first kappa shape index (κ1) is 18.6. The Bertz CT molecular complexity index is 1130. The largest absolute Gasteiger partial charge is 0.497 e. The van der Waals surface area contributed by atoms with Crippen LogP contribution in [0.25, 0.3) is 5.69 Å². The van der Waals surface area contributed by atoms with Gasteiger partial charge in [0.2, 0.25) is 5.88 Å². The van der Waals surface area contributed by atoms with Crippen molar-refractivity contribution in [3.63, 3.8) is 0 Å². The second-order valence-corrected chi connectivity index (χ2v) is 5.47. The number of nitrogens with zero attached hydrogens (tertiary/aromatic N) is 3. The molecule has 3 rings (SSSR count).